The third kappa shape index (κ3) is 4.13. The summed E-state index contributed by atoms with van der Waals surface area (Å²) in [5, 5.41) is 3.45. The summed E-state index contributed by atoms with van der Waals surface area (Å²) < 4.78 is 6.25. The number of hydrogen-bond donors (Lipinski definition) is 2. The zero-order valence-corrected chi connectivity index (χ0v) is 16.3. The second-order valence-electron chi connectivity index (χ2n) is 7.67. The van der Waals surface area contributed by atoms with Gasteiger partial charge in [0.05, 0.1) is 11.6 Å². The zero-order chi connectivity index (χ0) is 19.5. The summed E-state index contributed by atoms with van der Waals surface area (Å²) >= 11 is 0. The summed E-state index contributed by atoms with van der Waals surface area (Å²) in [5.41, 5.74) is 9.31. The highest BCUT2D eigenvalue weighted by Gasteiger charge is 2.24. The molecule has 7 heteroatoms. The molecule has 0 amide bonds. The number of nitrogens with one attached hydrogen (secondary N) is 1. The smallest absolute Gasteiger partial charge is 0.222 e. The van der Waals surface area contributed by atoms with E-state index in [1.165, 1.54) is 0 Å². The van der Waals surface area contributed by atoms with Gasteiger partial charge in [0.2, 0.25) is 5.95 Å². The molecule has 0 aliphatic heterocycles. The maximum atomic E-state index is 6.25. The van der Waals surface area contributed by atoms with Crippen LogP contribution < -0.4 is 15.8 Å². The summed E-state index contributed by atoms with van der Waals surface area (Å²) in [6.07, 6.45) is 11.2. The summed E-state index contributed by atoms with van der Waals surface area (Å²) in [4.78, 5) is 17.6. The van der Waals surface area contributed by atoms with E-state index in [9.17, 15) is 0 Å². The Morgan fingerprint density at radius 3 is 2.43 bits per heavy atom. The maximum Gasteiger partial charge on any atom is 0.222 e. The molecule has 0 spiro atoms. The van der Waals surface area contributed by atoms with E-state index >= 15 is 0 Å². The average Bonchev–Trinajstić information content (AvgIpc) is 2.70. The van der Waals surface area contributed by atoms with Gasteiger partial charge in [-0.25, -0.2) is 15.0 Å². The standard InChI is InChI=1S/C21H26N6O/c1-13(2)14-11-25-21(26-12-14)27-16-3-5-17(6-4-16)28-19-10-15(22)9-18-20(19)24-8-7-23-18/h7-13,16-17H,3-6,22H2,1-2H3,(H,25,26,27). The Morgan fingerprint density at radius 2 is 1.71 bits per heavy atom. The highest BCUT2D eigenvalue weighted by Crippen LogP contribution is 2.30. The van der Waals surface area contributed by atoms with Gasteiger partial charge in [-0.05, 0) is 43.2 Å². The molecule has 1 saturated carbocycles. The van der Waals surface area contributed by atoms with Gasteiger partial charge in [-0.3, -0.25) is 4.98 Å². The van der Waals surface area contributed by atoms with Crippen LogP contribution in [0.15, 0.2) is 36.9 Å². The SMILES string of the molecule is CC(C)c1cnc(NC2CCC(Oc3cc(N)cc4nccnc34)CC2)nc1. The summed E-state index contributed by atoms with van der Waals surface area (Å²) in [6, 6.07) is 4.02. The number of nitrogens with two attached hydrogens (primary N) is 1. The van der Waals surface area contributed by atoms with Crippen LogP contribution in [0.1, 0.15) is 51.0 Å². The van der Waals surface area contributed by atoms with Gasteiger partial charge < -0.3 is 15.8 Å². The lowest BCUT2D eigenvalue weighted by Gasteiger charge is -2.29. The van der Waals surface area contributed by atoms with Crippen molar-refractivity contribution in [1.29, 1.82) is 0 Å². The minimum Gasteiger partial charge on any atom is -0.488 e. The largest absolute Gasteiger partial charge is 0.488 e. The third-order valence-electron chi connectivity index (χ3n) is 5.20. The molecule has 0 radical (unpaired) electrons. The van der Waals surface area contributed by atoms with Gasteiger partial charge in [0.25, 0.3) is 0 Å². The fourth-order valence-electron chi connectivity index (χ4n) is 3.55. The molecular formula is C21H26N6O. The number of ether oxygens (including phenoxy) is 1. The Balaban J connectivity index is 1.36. The van der Waals surface area contributed by atoms with Gasteiger partial charge in [-0.15, -0.1) is 0 Å². The monoisotopic (exact) mass is 378 g/mol. The highest BCUT2D eigenvalue weighted by atomic mass is 16.5. The van der Waals surface area contributed by atoms with E-state index in [1.807, 2.05) is 24.5 Å². The van der Waals surface area contributed by atoms with Crippen LogP contribution in [0, 0.1) is 0 Å². The van der Waals surface area contributed by atoms with Crippen molar-refractivity contribution >= 4 is 22.7 Å². The topological polar surface area (TPSA) is 98.8 Å². The van der Waals surface area contributed by atoms with Crippen molar-refractivity contribution in [2.24, 2.45) is 0 Å². The molecule has 1 aliphatic rings. The molecule has 3 N–H and O–H groups in total. The average molecular weight is 378 g/mol. The molecule has 1 aromatic carbocycles. The molecule has 0 unspecified atom stereocenters. The van der Waals surface area contributed by atoms with Crippen LogP contribution in [0.2, 0.25) is 0 Å². The van der Waals surface area contributed by atoms with Gasteiger partial charge in [-0.2, -0.15) is 0 Å². The Hall–Kier alpha value is -2.96. The van der Waals surface area contributed by atoms with Gasteiger partial charge in [0.15, 0.2) is 0 Å². The molecule has 2 aromatic heterocycles. The van der Waals surface area contributed by atoms with E-state index in [4.69, 9.17) is 10.5 Å². The van der Waals surface area contributed by atoms with E-state index < -0.39 is 0 Å². The van der Waals surface area contributed by atoms with Crippen LogP contribution in [-0.4, -0.2) is 32.1 Å². The van der Waals surface area contributed by atoms with Gasteiger partial charge >= 0.3 is 0 Å². The molecule has 4 rings (SSSR count). The van der Waals surface area contributed by atoms with Crippen LogP contribution in [0.5, 0.6) is 5.75 Å². The Bertz CT molecular complexity index is 935. The number of nitrogens with zero attached hydrogens (tertiary/aromatic N) is 4. The number of anilines is 2. The van der Waals surface area contributed by atoms with Crippen molar-refractivity contribution in [1.82, 2.24) is 19.9 Å². The zero-order valence-electron chi connectivity index (χ0n) is 16.3. The van der Waals surface area contributed by atoms with E-state index in [2.05, 4.69) is 39.1 Å². The number of rotatable bonds is 5. The van der Waals surface area contributed by atoms with Crippen molar-refractivity contribution < 1.29 is 4.74 Å². The highest BCUT2D eigenvalue weighted by molar-refractivity contribution is 5.84. The number of fused-ring (bicyclic) bond motifs is 1. The molecule has 2 heterocycles. The number of benzene rings is 1. The van der Waals surface area contributed by atoms with E-state index in [0.29, 0.717) is 29.3 Å². The van der Waals surface area contributed by atoms with Crippen molar-refractivity contribution in [2.45, 2.75) is 57.6 Å². The molecule has 146 valence electrons. The first-order valence-corrected chi connectivity index (χ1v) is 9.84. The van der Waals surface area contributed by atoms with E-state index in [0.717, 1.165) is 42.3 Å². The summed E-state index contributed by atoms with van der Waals surface area (Å²) in [7, 11) is 0. The number of hydrogen-bond acceptors (Lipinski definition) is 7. The van der Waals surface area contributed by atoms with Gasteiger partial charge in [0, 0.05) is 42.6 Å². The predicted octanol–water partition coefficient (Wildman–Crippen LogP) is 3.93. The molecule has 3 aromatic rings. The lowest BCUT2D eigenvalue weighted by Crippen LogP contribution is -2.31. The minimum absolute atomic E-state index is 0.147. The number of nitrogen functional groups attached to an aromatic ring is 1. The summed E-state index contributed by atoms with van der Waals surface area (Å²) in [6.45, 7) is 4.28. The Labute approximate surface area is 164 Å². The molecule has 1 aliphatic carbocycles. The molecule has 7 nitrogen and oxygen atoms in total. The van der Waals surface area contributed by atoms with Crippen LogP contribution in [0.3, 0.4) is 0 Å². The van der Waals surface area contributed by atoms with Crippen LogP contribution >= 0.6 is 0 Å². The lowest BCUT2D eigenvalue weighted by molar-refractivity contribution is 0.152. The molecule has 0 saturated heterocycles. The van der Waals surface area contributed by atoms with Crippen molar-refractivity contribution in [3.63, 3.8) is 0 Å². The van der Waals surface area contributed by atoms with Crippen molar-refractivity contribution in [2.75, 3.05) is 11.1 Å². The first kappa shape index (κ1) is 18.4. The fraction of sp³-hybridized carbons (Fsp3) is 0.429. The second kappa shape index (κ2) is 7.96. The molecule has 28 heavy (non-hydrogen) atoms. The van der Waals surface area contributed by atoms with Gasteiger partial charge in [-0.1, -0.05) is 13.8 Å². The number of aromatic nitrogens is 4. The summed E-state index contributed by atoms with van der Waals surface area (Å²) in [5.74, 6) is 1.85. The van der Waals surface area contributed by atoms with Crippen LogP contribution in [0.25, 0.3) is 11.0 Å². The third-order valence-corrected chi connectivity index (χ3v) is 5.20. The second-order valence-corrected chi connectivity index (χ2v) is 7.67. The predicted molar refractivity (Wildman–Crippen MR) is 110 cm³/mol. The van der Waals surface area contributed by atoms with Crippen LogP contribution in [-0.2, 0) is 0 Å². The first-order valence-electron chi connectivity index (χ1n) is 9.84. The molecular weight excluding hydrogens is 352 g/mol. The van der Waals surface area contributed by atoms with Crippen molar-refractivity contribution in [3.8, 4) is 5.75 Å². The molecule has 1 fully saturated rings. The lowest BCUT2D eigenvalue weighted by atomic mass is 9.93. The molecule has 0 atom stereocenters. The minimum atomic E-state index is 0.147. The molecule has 0 bridgehead atoms. The normalized spacial score (nSPS) is 19.7. The Kier molecular flexibility index (Phi) is 5.23. The van der Waals surface area contributed by atoms with Crippen molar-refractivity contribution in [3.05, 3.63) is 42.5 Å². The fourth-order valence-corrected chi connectivity index (χ4v) is 3.55. The van der Waals surface area contributed by atoms with E-state index in [-0.39, 0.29) is 6.10 Å². The Morgan fingerprint density at radius 1 is 1.00 bits per heavy atom. The van der Waals surface area contributed by atoms with E-state index in [1.54, 1.807) is 12.4 Å². The quantitative estimate of drug-likeness (QED) is 0.649. The maximum absolute atomic E-state index is 6.25. The van der Waals surface area contributed by atoms with Crippen LogP contribution in [0.4, 0.5) is 11.6 Å². The van der Waals surface area contributed by atoms with Gasteiger partial charge in [0.1, 0.15) is 11.3 Å². The first-order chi connectivity index (χ1) is 13.6.